The molecule has 4 heteroatoms. The van der Waals surface area contributed by atoms with Gasteiger partial charge < -0.3 is 0 Å². The Morgan fingerprint density at radius 2 is 2.06 bits per heavy atom. The molecule has 1 heterocycles. The Kier molecular flexibility index (Phi) is 3.20. The van der Waals surface area contributed by atoms with E-state index in [9.17, 15) is 4.39 Å². The minimum Gasteiger partial charge on any atom is -0.269 e. The van der Waals surface area contributed by atoms with Crippen molar-refractivity contribution in [1.82, 2.24) is 9.78 Å². The van der Waals surface area contributed by atoms with Crippen molar-refractivity contribution in [2.75, 3.05) is 0 Å². The van der Waals surface area contributed by atoms with Gasteiger partial charge >= 0.3 is 0 Å². The van der Waals surface area contributed by atoms with E-state index in [-0.39, 0.29) is 11.9 Å². The summed E-state index contributed by atoms with van der Waals surface area (Å²) in [5, 5.41) is 4.78. The molecule has 0 saturated heterocycles. The molecule has 0 atom stereocenters. The standard InChI is InChI=1S/C13H14ClFN2/c1-8(2)17-7-9(3)13(16-17)12-10(14)5-4-6-11(12)15/h4-8H,1-3H3. The van der Waals surface area contributed by atoms with Gasteiger partial charge in [-0.15, -0.1) is 0 Å². The molecule has 2 aromatic rings. The highest BCUT2D eigenvalue weighted by molar-refractivity contribution is 6.33. The second-order valence-corrected chi connectivity index (χ2v) is 4.74. The molecule has 0 aliphatic rings. The van der Waals surface area contributed by atoms with Crippen molar-refractivity contribution in [3.05, 3.63) is 40.8 Å². The summed E-state index contributed by atoms with van der Waals surface area (Å²) >= 11 is 6.04. The van der Waals surface area contributed by atoms with Crippen molar-refractivity contribution in [2.24, 2.45) is 0 Å². The molecule has 2 rings (SSSR count). The van der Waals surface area contributed by atoms with E-state index < -0.39 is 0 Å². The van der Waals surface area contributed by atoms with Crippen molar-refractivity contribution in [3.63, 3.8) is 0 Å². The molecule has 0 spiro atoms. The Bertz CT molecular complexity index is 526. The smallest absolute Gasteiger partial charge is 0.134 e. The van der Waals surface area contributed by atoms with Gasteiger partial charge in [-0.2, -0.15) is 5.10 Å². The van der Waals surface area contributed by atoms with Crippen LogP contribution in [0.4, 0.5) is 4.39 Å². The number of aromatic nitrogens is 2. The van der Waals surface area contributed by atoms with Crippen molar-refractivity contribution >= 4 is 11.6 Å². The second-order valence-electron chi connectivity index (χ2n) is 4.33. The third kappa shape index (κ3) is 2.20. The van der Waals surface area contributed by atoms with Crippen molar-refractivity contribution in [2.45, 2.75) is 26.8 Å². The summed E-state index contributed by atoms with van der Waals surface area (Å²) in [5.74, 6) is -0.338. The van der Waals surface area contributed by atoms with E-state index in [2.05, 4.69) is 5.10 Å². The zero-order valence-electron chi connectivity index (χ0n) is 10.0. The van der Waals surface area contributed by atoms with Gasteiger partial charge in [-0.1, -0.05) is 17.7 Å². The number of hydrogen-bond donors (Lipinski definition) is 0. The molecule has 2 nitrogen and oxygen atoms in total. The molecule has 1 aromatic carbocycles. The summed E-state index contributed by atoms with van der Waals surface area (Å²) in [6.07, 6.45) is 1.91. The van der Waals surface area contributed by atoms with Gasteiger partial charge in [0.25, 0.3) is 0 Å². The minimum absolute atomic E-state index is 0.244. The molecule has 17 heavy (non-hydrogen) atoms. The average molecular weight is 253 g/mol. The number of nitrogens with zero attached hydrogens (tertiary/aromatic N) is 2. The monoisotopic (exact) mass is 252 g/mol. The Morgan fingerprint density at radius 3 is 2.59 bits per heavy atom. The number of benzene rings is 1. The Labute approximate surface area is 105 Å². The maximum atomic E-state index is 13.8. The van der Waals surface area contributed by atoms with Gasteiger partial charge in [-0.3, -0.25) is 4.68 Å². The van der Waals surface area contributed by atoms with E-state index in [1.54, 1.807) is 12.1 Å². The van der Waals surface area contributed by atoms with Crippen LogP contribution in [0.2, 0.25) is 5.02 Å². The van der Waals surface area contributed by atoms with Crippen LogP contribution in [0.1, 0.15) is 25.5 Å². The van der Waals surface area contributed by atoms with Gasteiger partial charge in [-0.05, 0) is 38.5 Å². The number of rotatable bonds is 2. The lowest BCUT2D eigenvalue weighted by Gasteiger charge is -2.05. The molecular formula is C13H14ClFN2. The van der Waals surface area contributed by atoms with Crippen molar-refractivity contribution < 1.29 is 4.39 Å². The topological polar surface area (TPSA) is 17.8 Å². The van der Waals surface area contributed by atoms with E-state index in [0.717, 1.165) is 5.56 Å². The molecule has 90 valence electrons. The first kappa shape index (κ1) is 12.1. The lowest BCUT2D eigenvalue weighted by molar-refractivity contribution is 0.533. The quantitative estimate of drug-likeness (QED) is 0.782. The normalized spacial score (nSPS) is 11.2. The summed E-state index contributed by atoms with van der Waals surface area (Å²) < 4.78 is 15.6. The first-order valence-electron chi connectivity index (χ1n) is 5.51. The highest BCUT2D eigenvalue weighted by atomic mass is 35.5. The van der Waals surface area contributed by atoms with E-state index >= 15 is 0 Å². The Hall–Kier alpha value is -1.35. The van der Waals surface area contributed by atoms with Gasteiger partial charge in [0.1, 0.15) is 5.82 Å². The molecular weight excluding hydrogens is 239 g/mol. The van der Waals surface area contributed by atoms with Gasteiger partial charge in [0.05, 0.1) is 16.3 Å². The Morgan fingerprint density at radius 1 is 1.35 bits per heavy atom. The van der Waals surface area contributed by atoms with Crippen LogP contribution >= 0.6 is 11.6 Å². The lowest BCUT2D eigenvalue weighted by Crippen LogP contribution is -2.01. The van der Waals surface area contributed by atoms with Crippen LogP contribution in [-0.2, 0) is 0 Å². The predicted octanol–water partition coefficient (Wildman–Crippen LogP) is 4.23. The van der Waals surface area contributed by atoms with E-state index in [0.29, 0.717) is 16.3 Å². The van der Waals surface area contributed by atoms with Gasteiger partial charge in [-0.25, -0.2) is 4.39 Å². The number of halogens is 2. The second kappa shape index (κ2) is 4.49. The number of aryl methyl sites for hydroxylation is 1. The van der Waals surface area contributed by atoms with E-state index in [4.69, 9.17) is 11.6 Å². The minimum atomic E-state index is -0.338. The number of hydrogen-bond acceptors (Lipinski definition) is 1. The van der Waals surface area contributed by atoms with E-state index in [1.807, 2.05) is 31.6 Å². The molecule has 0 N–H and O–H groups in total. The Balaban J connectivity index is 2.61. The van der Waals surface area contributed by atoms with Crippen LogP contribution in [0.3, 0.4) is 0 Å². The highest BCUT2D eigenvalue weighted by Crippen LogP contribution is 2.31. The molecule has 0 saturated carbocycles. The largest absolute Gasteiger partial charge is 0.269 e. The molecule has 0 aliphatic heterocycles. The fraction of sp³-hybridized carbons (Fsp3) is 0.308. The van der Waals surface area contributed by atoms with Crippen LogP contribution in [0, 0.1) is 12.7 Å². The average Bonchev–Trinajstić information content (AvgIpc) is 2.61. The highest BCUT2D eigenvalue weighted by Gasteiger charge is 2.16. The summed E-state index contributed by atoms with van der Waals surface area (Å²) in [5.41, 5.74) is 1.92. The van der Waals surface area contributed by atoms with Gasteiger partial charge in [0.15, 0.2) is 0 Å². The van der Waals surface area contributed by atoms with Crippen molar-refractivity contribution in [3.8, 4) is 11.3 Å². The van der Waals surface area contributed by atoms with Crippen LogP contribution in [0.15, 0.2) is 24.4 Å². The molecule has 0 bridgehead atoms. The van der Waals surface area contributed by atoms with Crippen LogP contribution < -0.4 is 0 Å². The van der Waals surface area contributed by atoms with Gasteiger partial charge in [0.2, 0.25) is 0 Å². The maximum absolute atomic E-state index is 13.8. The third-order valence-corrected chi connectivity index (χ3v) is 2.96. The molecule has 0 fully saturated rings. The van der Waals surface area contributed by atoms with Crippen LogP contribution in [-0.4, -0.2) is 9.78 Å². The summed E-state index contributed by atoms with van der Waals surface area (Å²) in [6.45, 7) is 5.96. The molecule has 0 unspecified atom stereocenters. The fourth-order valence-electron chi connectivity index (χ4n) is 1.72. The van der Waals surface area contributed by atoms with Crippen LogP contribution in [0.25, 0.3) is 11.3 Å². The zero-order valence-corrected chi connectivity index (χ0v) is 10.8. The third-order valence-electron chi connectivity index (χ3n) is 2.64. The van der Waals surface area contributed by atoms with Crippen molar-refractivity contribution in [1.29, 1.82) is 0 Å². The maximum Gasteiger partial charge on any atom is 0.134 e. The molecule has 0 aliphatic carbocycles. The first-order chi connectivity index (χ1) is 8.00. The molecule has 0 amide bonds. The van der Waals surface area contributed by atoms with E-state index in [1.165, 1.54) is 6.07 Å². The van der Waals surface area contributed by atoms with Crippen LogP contribution in [0.5, 0.6) is 0 Å². The molecule has 0 radical (unpaired) electrons. The fourth-order valence-corrected chi connectivity index (χ4v) is 1.97. The predicted molar refractivity (Wildman–Crippen MR) is 67.8 cm³/mol. The molecule has 1 aromatic heterocycles. The lowest BCUT2D eigenvalue weighted by atomic mass is 10.1. The van der Waals surface area contributed by atoms with Gasteiger partial charge in [0, 0.05) is 12.2 Å². The SMILES string of the molecule is Cc1cn(C(C)C)nc1-c1c(F)cccc1Cl. The summed E-state index contributed by atoms with van der Waals surface area (Å²) in [6, 6.07) is 4.91. The zero-order chi connectivity index (χ0) is 12.6. The summed E-state index contributed by atoms with van der Waals surface area (Å²) in [7, 11) is 0. The summed E-state index contributed by atoms with van der Waals surface area (Å²) in [4.78, 5) is 0. The first-order valence-corrected chi connectivity index (χ1v) is 5.88.